The molecule has 1 aliphatic rings. The van der Waals surface area contributed by atoms with Crippen LogP contribution in [0.5, 0.6) is 11.5 Å². The van der Waals surface area contributed by atoms with Crippen LogP contribution in [0.25, 0.3) is 11.0 Å². The summed E-state index contributed by atoms with van der Waals surface area (Å²) < 4.78 is 16.1. The standard InChI is InChI=1S/C26H28ClN3O7/c1-16-18-8-7-17(13-22(18)37-26(34)24(16)27)36-15-23(32)28-19(14-31)25(33)30-11-9-29(10-12-30)20-5-3-4-6-21(20)35-2/h3-8,13,19,31H,9-12,14-15H2,1-2H3,(H,28,32). The van der Waals surface area contributed by atoms with Gasteiger partial charge in [0.1, 0.15) is 28.1 Å². The molecule has 0 spiro atoms. The fourth-order valence-corrected chi connectivity index (χ4v) is 4.39. The summed E-state index contributed by atoms with van der Waals surface area (Å²) in [6.07, 6.45) is 0. The fraction of sp³-hybridized carbons (Fsp3) is 0.346. The zero-order chi connectivity index (χ0) is 26.5. The Morgan fingerprint density at radius 2 is 1.89 bits per heavy atom. The molecule has 10 nitrogen and oxygen atoms in total. The second kappa shape index (κ2) is 11.5. The first-order valence-corrected chi connectivity index (χ1v) is 12.1. The van der Waals surface area contributed by atoms with Crippen molar-refractivity contribution in [1.29, 1.82) is 0 Å². The maximum atomic E-state index is 13.0. The summed E-state index contributed by atoms with van der Waals surface area (Å²) in [7, 11) is 1.62. The number of amides is 2. The Morgan fingerprint density at radius 1 is 1.16 bits per heavy atom. The van der Waals surface area contributed by atoms with Gasteiger partial charge in [0.15, 0.2) is 6.61 Å². The van der Waals surface area contributed by atoms with Crippen LogP contribution in [0, 0.1) is 6.92 Å². The molecular weight excluding hydrogens is 502 g/mol. The minimum Gasteiger partial charge on any atom is -0.495 e. The number of nitrogens with zero attached hydrogens (tertiary/aromatic N) is 2. The van der Waals surface area contributed by atoms with Gasteiger partial charge in [0, 0.05) is 37.6 Å². The molecule has 1 saturated heterocycles. The highest BCUT2D eigenvalue weighted by atomic mass is 35.5. The van der Waals surface area contributed by atoms with Gasteiger partial charge in [0.25, 0.3) is 5.91 Å². The number of carbonyl (C=O) groups is 2. The maximum absolute atomic E-state index is 13.0. The van der Waals surface area contributed by atoms with E-state index in [1.807, 2.05) is 24.3 Å². The molecule has 196 valence electrons. The normalized spacial score (nSPS) is 14.4. The predicted molar refractivity (Wildman–Crippen MR) is 139 cm³/mol. The zero-order valence-electron chi connectivity index (χ0n) is 20.5. The van der Waals surface area contributed by atoms with Crippen LogP contribution in [-0.4, -0.2) is 74.4 Å². The van der Waals surface area contributed by atoms with Crippen LogP contribution >= 0.6 is 11.6 Å². The van der Waals surface area contributed by atoms with Crippen LogP contribution in [-0.2, 0) is 9.59 Å². The lowest BCUT2D eigenvalue weighted by molar-refractivity contribution is -0.138. The van der Waals surface area contributed by atoms with E-state index in [1.165, 1.54) is 6.07 Å². The van der Waals surface area contributed by atoms with Gasteiger partial charge in [-0.2, -0.15) is 0 Å². The molecule has 1 unspecified atom stereocenters. The SMILES string of the molecule is COc1ccccc1N1CCN(C(=O)C(CO)NC(=O)COc2ccc3c(C)c(Cl)c(=O)oc3c2)CC1. The Hall–Kier alpha value is -3.76. The van der Waals surface area contributed by atoms with Gasteiger partial charge in [0.2, 0.25) is 5.91 Å². The molecule has 1 fully saturated rings. The molecule has 0 radical (unpaired) electrons. The summed E-state index contributed by atoms with van der Waals surface area (Å²) in [5.41, 5.74) is 1.16. The van der Waals surface area contributed by atoms with Crippen molar-refractivity contribution in [2.24, 2.45) is 0 Å². The molecule has 37 heavy (non-hydrogen) atoms. The molecular formula is C26H28ClN3O7. The molecule has 0 saturated carbocycles. The molecule has 4 rings (SSSR count). The monoisotopic (exact) mass is 529 g/mol. The molecule has 1 aliphatic heterocycles. The molecule has 2 heterocycles. The number of fused-ring (bicyclic) bond motifs is 1. The van der Waals surface area contributed by atoms with Gasteiger partial charge in [-0.15, -0.1) is 0 Å². The van der Waals surface area contributed by atoms with E-state index in [2.05, 4.69) is 10.2 Å². The van der Waals surface area contributed by atoms with Gasteiger partial charge in [0.05, 0.1) is 19.4 Å². The van der Waals surface area contributed by atoms with Crippen LogP contribution < -0.4 is 25.3 Å². The Morgan fingerprint density at radius 3 is 2.59 bits per heavy atom. The number of halogens is 1. The molecule has 2 N–H and O–H groups in total. The highest BCUT2D eigenvalue weighted by molar-refractivity contribution is 6.31. The second-order valence-electron chi connectivity index (χ2n) is 8.56. The van der Waals surface area contributed by atoms with Crippen LogP contribution in [0.3, 0.4) is 0 Å². The van der Waals surface area contributed by atoms with E-state index in [1.54, 1.807) is 31.1 Å². The van der Waals surface area contributed by atoms with E-state index in [9.17, 15) is 19.5 Å². The van der Waals surface area contributed by atoms with Gasteiger partial charge in [-0.1, -0.05) is 23.7 Å². The minimum absolute atomic E-state index is 0.0152. The largest absolute Gasteiger partial charge is 0.495 e. The van der Waals surface area contributed by atoms with Crippen LogP contribution in [0.15, 0.2) is 51.7 Å². The van der Waals surface area contributed by atoms with Gasteiger partial charge < -0.3 is 34.1 Å². The molecule has 0 bridgehead atoms. The Labute approximate surface area is 218 Å². The van der Waals surface area contributed by atoms with Gasteiger partial charge in [-0.3, -0.25) is 9.59 Å². The van der Waals surface area contributed by atoms with Crippen molar-refractivity contribution in [3.05, 3.63) is 63.5 Å². The summed E-state index contributed by atoms with van der Waals surface area (Å²) in [5, 5.41) is 13.0. The number of aliphatic hydroxyl groups is 1. The quantitative estimate of drug-likeness (QED) is 0.425. The lowest BCUT2D eigenvalue weighted by atomic mass is 10.1. The summed E-state index contributed by atoms with van der Waals surface area (Å²) >= 11 is 5.94. The van der Waals surface area contributed by atoms with Crippen molar-refractivity contribution >= 4 is 40.1 Å². The zero-order valence-corrected chi connectivity index (χ0v) is 21.3. The number of hydrogen-bond donors (Lipinski definition) is 2. The van der Waals surface area contributed by atoms with Crippen LogP contribution in [0.4, 0.5) is 5.69 Å². The molecule has 2 aromatic carbocycles. The average Bonchev–Trinajstić information content (AvgIpc) is 2.93. The Balaban J connectivity index is 1.31. The number of nitrogens with one attached hydrogen (secondary N) is 1. The van der Waals surface area contributed by atoms with E-state index in [4.69, 9.17) is 25.5 Å². The van der Waals surface area contributed by atoms with Gasteiger partial charge in [-0.25, -0.2) is 4.79 Å². The number of aryl methyl sites for hydroxylation is 1. The average molecular weight is 530 g/mol. The van der Waals surface area contributed by atoms with E-state index in [-0.39, 0.29) is 16.5 Å². The smallest absolute Gasteiger partial charge is 0.355 e. The highest BCUT2D eigenvalue weighted by Crippen LogP contribution is 2.28. The number of hydrogen-bond acceptors (Lipinski definition) is 8. The number of rotatable bonds is 8. The first-order valence-electron chi connectivity index (χ1n) is 11.7. The van der Waals surface area contributed by atoms with E-state index in [0.717, 1.165) is 11.4 Å². The number of carbonyl (C=O) groups excluding carboxylic acids is 2. The van der Waals surface area contributed by atoms with Gasteiger partial charge >= 0.3 is 5.63 Å². The van der Waals surface area contributed by atoms with Crippen molar-refractivity contribution < 1.29 is 28.6 Å². The number of benzene rings is 2. The fourth-order valence-electron chi connectivity index (χ4n) is 4.25. The number of anilines is 1. The number of ether oxygens (including phenoxy) is 2. The number of aliphatic hydroxyl groups excluding tert-OH is 1. The third kappa shape index (κ3) is 5.81. The molecule has 2 amide bonds. The predicted octanol–water partition coefficient (Wildman–Crippen LogP) is 1.97. The van der Waals surface area contributed by atoms with Crippen LogP contribution in [0.1, 0.15) is 5.56 Å². The summed E-state index contributed by atoms with van der Waals surface area (Å²) in [6, 6.07) is 11.4. The second-order valence-corrected chi connectivity index (χ2v) is 8.94. The molecule has 11 heteroatoms. The highest BCUT2D eigenvalue weighted by Gasteiger charge is 2.29. The molecule has 1 atom stereocenters. The number of methoxy groups -OCH3 is 1. The van der Waals surface area contributed by atoms with Crippen molar-refractivity contribution in [1.82, 2.24) is 10.2 Å². The van der Waals surface area contributed by atoms with Crippen molar-refractivity contribution in [3.8, 4) is 11.5 Å². The Kier molecular flexibility index (Phi) is 8.20. The maximum Gasteiger partial charge on any atom is 0.355 e. The third-order valence-electron chi connectivity index (χ3n) is 6.27. The van der Waals surface area contributed by atoms with Crippen molar-refractivity contribution in [2.45, 2.75) is 13.0 Å². The Bertz CT molecular complexity index is 1350. The van der Waals surface area contributed by atoms with Gasteiger partial charge in [-0.05, 0) is 36.8 Å². The molecule has 0 aliphatic carbocycles. The number of piperazine rings is 1. The topological polar surface area (TPSA) is 122 Å². The van der Waals surface area contributed by atoms with Crippen molar-refractivity contribution in [3.63, 3.8) is 0 Å². The van der Waals surface area contributed by atoms with E-state index in [0.29, 0.717) is 42.9 Å². The summed E-state index contributed by atoms with van der Waals surface area (Å²) in [4.78, 5) is 41.0. The first kappa shape index (κ1) is 26.3. The summed E-state index contributed by atoms with van der Waals surface area (Å²) in [6.45, 7) is 2.82. The van der Waals surface area contributed by atoms with E-state index < -0.39 is 30.8 Å². The number of para-hydroxylation sites is 2. The minimum atomic E-state index is -1.09. The van der Waals surface area contributed by atoms with E-state index >= 15 is 0 Å². The lowest BCUT2D eigenvalue weighted by Crippen LogP contribution is -2.56. The lowest BCUT2D eigenvalue weighted by Gasteiger charge is -2.37. The molecule has 1 aromatic heterocycles. The first-order chi connectivity index (χ1) is 17.8. The van der Waals surface area contributed by atoms with Crippen molar-refractivity contribution in [2.75, 3.05) is 51.4 Å². The molecule has 3 aromatic rings. The summed E-state index contributed by atoms with van der Waals surface area (Å²) in [5.74, 6) is 0.117. The third-order valence-corrected chi connectivity index (χ3v) is 6.71. The van der Waals surface area contributed by atoms with Crippen LogP contribution in [0.2, 0.25) is 5.02 Å².